The molecular weight excluding hydrogens is 325 g/mol. The molecule has 0 saturated carbocycles. The fourth-order valence-electron chi connectivity index (χ4n) is 2.56. The first-order chi connectivity index (χ1) is 9.13. The highest BCUT2D eigenvalue weighted by Crippen LogP contribution is 2.34. The van der Waals surface area contributed by atoms with E-state index in [-0.39, 0.29) is 11.9 Å². The van der Waals surface area contributed by atoms with E-state index in [4.69, 9.17) is 5.73 Å². The number of aryl methyl sites for hydroxylation is 2. The molecule has 3 rings (SSSR count). The smallest absolute Gasteiger partial charge is 0.127 e. The molecule has 0 radical (unpaired) electrons. The normalized spacial score (nSPS) is 15.5. The highest BCUT2D eigenvalue weighted by Gasteiger charge is 2.19. The zero-order valence-electron chi connectivity index (χ0n) is 10.5. The van der Waals surface area contributed by atoms with E-state index in [1.54, 1.807) is 17.4 Å². The highest BCUT2D eigenvalue weighted by atomic mass is 79.9. The third kappa shape index (κ3) is 2.76. The maximum absolute atomic E-state index is 13.8. The van der Waals surface area contributed by atoms with Crippen molar-refractivity contribution in [2.24, 2.45) is 5.73 Å². The monoisotopic (exact) mass is 339 g/mol. The SMILES string of the molecule is NC(Cc1ccc(Br)cc1F)c1cc2c(s1)CCC2. The predicted octanol–water partition coefficient (Wildman–Crippen LogP) is 4.38. The maximum Gasteiger partial charge on any atom is 0.127 e. The molecule has 1 aromatic carbocycles. The zero-order chi connectivity index (χ0) is 13.4. The summed E-state index contributed by atoms with van der Waals surface area (Å²) in [4.78, 5) is 2.66. The van der Waals surface area contributed by atoms with E-state index in [0.717, 1.165) is 4.47 Å². The summed E-state index contributed by atoms with van der Waals surface area (Å²) < 4.78 is 14.6. The Bertz CT molecular complexity index is 587. The van der Waals surface area contributed by atoms with Crippen molar-refractivity contribution >= 4 is 27.3 Å². The molecule has 1 aromatic heterocycles. The van der Waals surface area contributed by atoms with Crippen LogP contribution in [0.2, 0.25) is 0 Å². The standard InChI is InChI=1S/C15H15BrFNS/c16-11-5-4-9(12(17)8-11)6-13(18)15-7-10-2-1-3-14(10)19-15/h4-5,7-8,13H,1-3,6,18H2. The molecule has 1 unspecified atom stereocenters. The van der Waals surface area contributed by atoms with E-state index < -0.39 is 0 Å². The van der Waals surface area contributed by atoms with Gasteiger partial charge >= 0.3 is 0 Å². The molecule has 1 heterocycles. The Labute approximate surface area is 124 Å². The summed E-state index contributed by atoms with van der Waals surface area (Å²) in [5, 5.41) is 0. The second-order valence-corrected chi connectivity index (χ2v) is 7.08. The summed E-state index contributed by atoms with van der Waals surface area (Å²) in [6, 6.07) is 7.27. The Morgan fingerprint density at radius 3 is 2.89 bits per heavy atom. The van der Waals surface area contributed by atoms with Crippen LogP contribution >= 0.6 is 27.3 Å². The minimum Gasteiger partial charge on any atom is -0.323 e. The molecule has 2 aromatic rings. The van der Waals surface area contributed by atoms with Crippen LogP contribution in [0.25, 0.3) is 0 Å². The largest absolute Gasteiger partial charge is 0.323 e. The van der Waals surface area contributed by atoms with E-state index >= 15 is 0 Å². The lowest BCUT2D eigenvalue weighted by molar-refractivity contribution is 0.594. The van der Waals surface area contributed by atoms with Gasteiger partial charge in [0.05, 0.1) is 0 Å². The van der Waals surface area contributed by atoms with Crippen molar-refractivity contribution in [1.29, 1.82) is 0 Å². The van der Waals surface area contributed by atoms with Gasteiger partial charge in [0.1, 0.15) is 5.82 Å². The molecule has 4 heteroatoms. The van der Waals surface area contributed by atoms with Crippen LogP contribution in [-0.4, -0.2) is 0 Å². The van der Waals surface area contributed by atoms with Gasteiger partial charge in [-0.25, -0.2) is 4.39 Å². The summed E-state index contributed by atoms with van der Waals surface area (Å²) in [6.45, 7) is 0. The van der Waals surface area contributed by atoms with Crippen LogP contribution in [0.4, 0.5) is 4.39 Å². The Morgan fingerprint density at radius 2 is 2.16 bits per heavy atom. The molecule has 1 nitrogen and oxygen atoms in total. The molecule has 0 saturated heterocycles. The lowest BCUT2D eigenvalue weighted by Gasteiger charge is -2.11. The number of nitrogens with two attached hydrogens (primary N) is 1. The number of hydrogen-bond donors (Lipinski definition) is 1. The highest BCUT2D eigenvalue weighted by molar-refractivity contribution is 9.10. The van der Waals surface area contributed by atoms with Gasteiger partial charge < -0.3 is 5.73 Å². The third-order valence-electron chi connectivity index (χ3n) is 3.59. The van der Waals surface area contributed by atoms with Gasteiger partial charge in [-0.1, -0.05) is 22.0 Å². The quantitative estimate of drug-likeness (QED) is 0.882. The number of rotatable bonds is 3. The molecule has 1 atom stereocenters. The molecule has 2 N–H and O–H groups in total. The van der Waals surface area contributed by atoms with Gasteiger partial charge in [0, 0.05) is 20.3 Å². The zero-order valence-corrected chi connectivity index (χ0v) is 12.9. The first-order valence-electron chi connectivity index (χ1n) is 6.44. The van der Waals surface area contributed by atoms with E-state index in [0.29, 0.717) is 12.0 Å². The van der Waals surface area contributed by atoms with E-state index in [1.165, 1.54) is 40.6 Å². The van der Waals surface area contributed by atoms with Crippen molar-refractivity contribution in [2.45, 2.75) is 31.7 Å². The molecule has 19 heavy (non-hydrogen) atoms. The Balaban J connectivity index is 1.78. The molecule has 0 fully saturated rings. The Morgan fingerprint density at radius 1 is 1.32 bits per heavy atom. The molecular formula is C15H15BrFNS. The van der Waals surface area contributed by atoms with E-state index in [9.17, 15) is 4.39 Å². The van der Waals surface area contributed by atoms with Crippen molar-refractivity contribution < 1.29 is 4.39 Å². The van der Waals surface area contributed by atoms with Gasteiger partial charge in [0.2, 0.25) is 0 Å². The fraction of sp³-hybridized carbons (Fsp3) is 0.333. The summed E-state index contributed by atoms with van der Waals surface area (Å²) in [7, 11) is 0. The number of thiophene rings is 1. The topological polar surface area (TPSA) is 26.0 Å². The summed E-state index contributed by atoms with van der Waals surface area (Å²) in [6.07, 6.45) is 4.17. The van der Waals surface area contributed by atoms with Crippen molar-refractivity contribution in [2.75, 3.05) is 0 Å². The lowest BCUT2D eigenvalue weighted by atomic mass is 10.0. The van der Waals surface area contributed by atoms with Gasteiger partial charge in [0.15, 0.2) is 0 Å². The van der Waals surface area contributed by atoms with Gasteiger partial charge in [-0.15, -0.1) is 11.3 Å². The van der Waals surface area contributed by atoms with Gasteiger partial charge in [0.25, 0.3) is 0 Å². The van der Waals surface area contributed by atoms with Crippen LogP contribution in [0.3, 0.4) is 0 Å². The van der Waals surface area contributed by atoms with Crippen molar-refractivity contribution in [3.8, 4) is 0 Å². The van der Waals surface area contributed by atoms with Gasteiger partial charge in [-0.2, -0.15) is 0 Å². The minimum atomic E-state index is -0.186. The number of hydrogen-bond acceptors (Lipinski definition) is 2. The van der Waals surface area contributed by atoms with Crippen molar-refractivity contribution in [3.63, 3.8) is 0 Å². The average Bonchev–Trinajstić information content (AvgIpc) is 2.93. The Kier molecular flexibility index (Phi) is 3.74. The fourth-order valence-corrected chi connectivity index (χ4v) is 4.15. The molecule has 1 aliphatic rings. The number of benzene rings is 1. The van der Waals surface area contributed by atoms with E-state index in [1.807, 2.05) is 6.07 Å². The van der Waals surface area contributed by atoms with Crippen LogP contribution < -0.4 is 5.73 Å². The Hall–Kier alpha value is -0.710. The maximum atomic E-state index is 13.8. The second kappa shape index (κ2) is 5.35. The van der Waals surface area contributed by atoms with Crippen LogP contribution in [-0.2, 0) is 19.3 Å². The first kappa shape index (κ1) is 13.3. The molecule has 0 amide bonds. The van der Waals surface area contributed by atoms with Crippen LogP contribution in [0.1, 0.15) is 33.3 Å². The summed E-state index contributed by atoms with van der Waals surface area (Å²) >= 11 is 5.07. The number of fused-ring (bicyclic) bond motifs is 1. The van der Waals surface area contributed by atoms with Crippen molar-refractivity contribution in [1.82, 2.24) is 0 Å². The summed E-state index contributed by atoms with van der Waals surface area (Å²) in [5.74, 6) is -0.186. The molecule has 1 aliphatic carbocycles. The van der Waals surface area contributed by atoms with Crippen LogP contribution in [0, 0.1) is 5.82 Å². The molecule has 100 valence electrons. The van der Waals surface area contributed by atoms with Gasteiger partial charge in [-0.3, -0.25) is 0 Å². The summed E-state index contributed by atoms with van der Waals surface area (Å²) in [5.41, 5.74) is 8.36. The molecule has 0 spiro atoms. The molecule has 0 aliphatic heterocycles. The van der Waals surface area contributed by atoms with Crippen LogP contribution in [0.5, 0.6) is 0 Å². The minimum absolute atomic E-state index is 0.105. The first-order valence-corrected chi connectivity index (χ1v) is 8.05. The second-order valence-electron chi connectivity index (χ2n) is 5.00. The van der Waals surface area contributed by atoms with Crippen molar-refractivity contribution in [3.05, 3.63) is 55.4 Å². The predicted molar refractivity (Wildman–Crippen MR) is 81.1 cm³/mol. The third-order valence-corrected chi connectivity index (χ3v) is 5.45. The number of halogens is 2. The molecule has 0 bridgehead atoms. The lowest BCUT2D eigenvalue weighted by Crippen LogP contribution is -2.12. The average molecular weight is 340 g/mol. The van der Waals surface area contributed by atoms with E-state index in [2.05, 4.69) is 22.0 Å². The van der Waals surface area contributed by atoms with Gasteiger partial charge in [-0.05, 0) is 55.0 Å². The van der Waals surface area contributed by atoms with Crippen LogP contribution in [0.15, 0.2) is 28.7 Å².